The number of benzene rings is 1. The van der Waals surface area contributed by atoms with Gasteiger partial charge in [-0.05, 0) is 19.1 Å². The number of hydrogen-bond acceptors (Lipinski definition) is 3. The van der Waals surface area contributed by atoms with Crippen molar-refractivity contribution in [2.24, 2.45) is 0 Å². The highest BCUT2D eigenvalue weighted by Gasteiger charge is 2.21. The van der Waals surface area contributed by atoms with E-state index in [4.69, 9.17) is 5.11 Å². The van der Waals surface area contributed by atoms with Crippen LogP contribution in [0.15, 0.2) is 24.3 Å². The lowest BCUT2D eigenvalue weighted by molar-refractivity contribution is -0.384. The second kappa shape index (κ2) is 3.10. The molecule has 1 unspecified atom stereocenters. The molecule has 0 saturated heterocycles. The number of alkyl halides is 1. The van der Waals surface area contributed by atoms with Crippen LogP contribution in [0.5, 0.6) is 0 Å². The van der Waals surface area contributed by atoms with Gasteiger partial charge in [-0.3, -0.25) is 10.1 Å². The van der Waals surface area contributed by atoms with Crippen molar-refractivity contribution >= 4 is 5.69 Å². The van der Waals surface area contributed by atoms with Gasteiger partial charge in [0.25, 0.3) is 5.69 Å². The normalized spacial score (nSPS) is 15.0. The van der Waals surface area contributed by atoms with E-state index in [2.05, 4.69) is 0 Å². The molecule has 0 aliphatic heterocycles. The zero-order valence-electron chi connectivity index (χ0n) is 6.90. The van der Waals surface area contributed by atoms with Gasteiger partial charge in [-0.1, -0.05) is 0 Å². The molecule has 70 valence electrons. The first-order chi connectivity index (χ1) is 5.91. The SMILES string of the molecule is CC(O)(F)c1ccc([N+](=O)[O-])cc1. The number of rotatable bonds is 2. The molecule has 1 aromatic rings. The molecule has 4 nitrogen and oxygen atoms in total. The third-order valence-corrected chi connectivity index (χ3v) is 1.61. The molecule has 0 saturated carbocycles. The molecule has 0 heterocycles. The summed E-state index contributed by atoms with van der Waals surface area (Å²) < 4.78 is 12.8. The van der Waals surface area contributed by atoms with E-state index in [0.717, 1.165) is 19.1 Å². The number of nitro benzene ring substituents is 1. The Morgan fingerprint density at radius 1 is 1.46 bits per heavy atom. The highest BCUT2D eigenvalue weighted by Crippen LogP contribution is 2.23. The summed E-state index contributed by atoms with van der Waals surface area (Å²) in [5.41, 5.74) is -0.133. The fourth-order valence-corrected chi connectivity index (χ4v) is 0.887. The number of nitrogens with zero attached hydrogens (tertiary/aromatic N) is 1. The van der Waals surface area contributed by atoms with Gasteiger partial charge < -0.3 is 5.11 Å². The van der Waals surface area contributed by atoms with Gasteiger partial charge in [0.1, 0.15) is 0 Å². The Labute approximate surface area is 73.8 Å². The van der Waals surface area contributed by atoms with E-state index >= 15 is 0 Å². The van der Waals surface area contributed by atoms with Crippen molar-refractivity contribution in [2.45, 2.75) is 12.8 Å². The molecule has 0 bridgehead atoms. The fraction of sp³-hybridized carbons (Fsp3) is 0.250. The first-order valence-corrected chi connectivity index (χ1v) is 3.57. The van der Waals surface area contributed by atoms with Crippen LogP contribution in [0.25, 0.3) is 0 Å². The molecule has 5 heteroatoms. The minimum absolute atomic E-state index is 0.00176. The smallest absolute Gasteiger partial charge is 0.269 e. The number of hydrogen-bond donors (Lipinski definition) is 1. The predicted molar refractivity (Wildman–Crippen MR) is 43.8 cm³/mol. The van der Waals surface area contributed by atoms with Crippen molar-refractivity contribution < 1.29 is 14.4 Å². The average molecular weight is 185 g/mol. The predicted octanol–water partition coefficient (Wildman–Crippen LogP) is 1.73. The van der Waals surface area contributed by atoms with Gasteiger partial charge >= 0.3 is 0 Å². The Morgan fingerprint density at radius 2 is 1.92 bits per heavy atom. The van der Waals surface area contributed by atoms with E-state index in [-0.39, 0.29) is 11.3 Å². The topological polar surface area (TPSA) is 63.4 Å². The largest absolute Gasteiger partial charge is 0.358 e. The Balaban J connectivity index is 3.01. The van der Waals surface area contributed by atoms with Crippen LogP contribution in [-0.2, 0) is 5.85 Å². The number of aliphatic hydroxyl groups is 1. The molecule has 13 heavy (non-hydrogen) atoms. The quantitative estimate of drug-likeness (QED) is 0.563. The summed E-state index contributed by atoms with van der Waals surface area (Å²) in [6.45, 7) is 0.966. The summed E-state index contributed by atoms with van der Waals surface area (Å²) >= 11 is 0. The van der Waals surface area contributed by atoms with E-state index in [1.54, 1.807) is 0 Å². The average Bonchev–Trinajstić information content (AvgIpc) is 2.03. The summed E-state index contributed by atoms with van der Waals surface area (Å²) in [5, 5.41) is 19.1. The van der Waals surface area contributed by atoms with Crippen molar-refractivity contribution in [3.8, 4) is 0 Å². The second-order valence-corrected chi connectivity index (χ2v) is 2.76. The van der Waals surface area contributed by atoms with E-state index in [1.165, 1.54) is 12.1 Å². The van der Waals surface area contributed by atoms with E-state index < -0.39 is 10.8 Å². The van der Waals surface area contributed by atoms with Crippen LogP contribution in [0, 0.1) is 10.1 Å². The summed E-state index contributed by atoms with van der Waals surface area (Å²) in [6, 6.07) is 4.64. The monoisotopic (exact) mass is 185 g/mol. The molecule has 1 rings (SSSR count). The van der Waals surface area contributed by atoms with Crippen LogP contribution in [0.3, 0.4) is 0 Å². The first-order valence-electron chi connectivity index (χ1n) is 3.57. The van der Waals surface area contributed by atoms with E-state index in [0.29, 0.717) is 0 Å². The zero-order chi connectivity index (χ0) is 10.1. The molecule has 0 aromatic heterocycles. The molecular formula is C8H8FNO3. The van der Waals surface area contributed by atoms with Gasteiger partial charge in [-0.2, -0.15) is 0 Å². The Morgan fingerprint density at radius 3 is 2.23 bits per heavy atom. The first kappa shape index (κ1) is 9.60. The van der Waals surface area contributed by atoms with Crippen molar-refractivity contribution in [3.05, 3.63) is 39.9 Å². The lowest BCUT2D eigenvalue weighted by Crippen LogP contribution is -2.12. The van der Waals surface area contributed by atoms with Crippen LogP contribution in [-0.4, -0.2) is 10.0 Å². The Kier molecular flexibility index (Phi) is 2.29. The number of nitro groups is 1. The highest BCUT2D eigenvalue weighted by atomic mass is 19.2. The van der Waals surface area contributed by atoms with Gasteiger partial charge in [0.15, 0.2) is 0 Å². The third-order valence-electron chi connectivity index (χ3n) is 1.61. The maximum atomic E-state index is 12.8. The second-order valence-electron chi connectivity index (χ2n) is 2.76. The summed E-state index contributed by atoms with van der Waals surface area (Å²) in [7, 11) is 0. The van der Waals surface area contributed by atoms with E-state index in [1.807, 2.05) is 0 Å². The maximum Gasteiger partial charge on any atom is 0.269 e. The van der Waals surface area contributed by atoms with E-state index in [9.17, 15) is 14.5 Å². The number of halogens is 1. The van der Waals surface area contributed by atoms with Gasteiger partial charge in [0, 0.05) is 17.7 Å². The number of non-ortho nitro benzene ring substituents is 1. The lowest BCUT2D eigenvalue weighted by Gasteiger charge is -2.11. The Hall–Kier alpha value is -1.49. The summed E-state index contributed by atoms with van der Waals surface area (Å²) in [4.78, 5) is 9.62. The zero-order valence-corrected chi connectivity index (χ0v) is 6.90. The Bertz CT molecular complexity index is 315. The minimum atomic E-state index is -2.45. The lowest BCUT2D eigenvalue weighted by atomic mass is 10.1. The molecule has 0 aliphatic carbocycles. The minimum Gasteiger partial charge on any atom is -0.358 e. The maximum absolute atomic E-state index is 12.8. The molecule has 0 amide bonds. The van der Waals surface area contributed by atoms with Crippen molar-refractivity contribution in [3.63, 3.8) is 0 Å². The molecular weight excluding hydrogens is 177 g/mol. The standard InChI is InChI=1S/C8H8FNO3/c1-8(9,11)6-2-4-7(5-3-6)10(12)13/h2-5,11H,1H3. The van der Waals surface area contributed by atoms with Crippen molar-refractivity contribution in [1.29, 1.82) is 0 Å². The highest BCUT2D eigenvalue weighted by molar-refractivity contribution is 5.34. The van der Waals surface area contributed by atoms with Gasteiger partial charge in [0.05, 0.1) is 4.92 Å². The molecule has 0 fully saturated rings. The van der Waals surface area contributed by atoms with Crippen LogP contribution >= 0.6 is 0 Å². The van der Waals surface area contributed by atoms with Crippen LogP contribution < -0.4 is 0 Å². The van der Waals surface area contributed by atoms with Crippen molar-refractivity contribution in [1.82, 2.24) is 0 Å². The third kappa shape index (κ3) is 2.22. The van der Waals surface area contributed by atoms with Crippen molar-refractivity contribution in [2.75, 3.05) is 0 Å². The summed E-state index contributed by atoms with van der Waals surface area (Å²) in [6.07, 6.45) is 0. The summed E-state index contributed by atoms with van der Waals surface area (Å²) in [5.74, 6) is -2.45. The van der Waals surface area contributed by atoms with Crippen LogP contribution in [0.1, 0.15) is 12.5 Å². The van der Waals surface area contributed by atoms with Gasteiger partial charge in [-0.25, -0.2) is 4.39 Å². The molecule has 1 aromatic carbocycles. The molecule has 0 radical (unpaired) electrons. The van der Waals surface area contributed by atoms with Crippen LogP contribution in [0.4, 0.5) is 10.1 Å². The molecule has 0 aliphatic rings. The van der Waals surface area contributed by atoms with Gasteiger partial charge in [0.2, 0.25) is 5.85 Å². The molecule has 1 atom stereocenters. The fourth-order valence-electron chi connectivity index (χ4n) is 0.887. The molecule has 0 spiro atoms. The molecule has 1 N–H and O–H groups in total. The van der Waals surface area contributed by atoms with Crippen LogP contribution in [0.2, 0.25) is 0 Å². The van der Waals surface area contributed by atoms with Gasteiger partial charge in [-0.15, -0.1) is 0 Å².